The van der Waals surface area contributed by atoms with Crippen LogP contribution in [-0.2, 0) is 14.8 Å². The van der Waals surface area contributed by atoms with Crippen LogP contribution in [0.25, 0.3) is 10.9 Å². The zero-order chi connectivity index (χ0) is 23.0. The highest BCUT2D eigenvalue weighted by molar-refractivity contribution is 7.89. The van der Waals surface area contributed by atoms with Gasteiger partial charge in [0.05, 0.1) is 31.4 Å². The van der Waals surface area contributed by atoms with E-state index in [4.69, 9.17) is 14.5 Å². The number of benzene rings is 2. The van der Waals surface area contributed by atoms with Gasteiger partial charge in [0, 0.05) is 35.8 Å². The van der Waals surface area contributed by atoms with E-state index in [0.717, 1.165) is 29.4 Å². The Hall–Kier alpha value is -3.01. The first kappa shape index (κ1) is 21.8. The van der Waals surface area contributed by atoms with E-state index in [-0.39, 0.29) is 29.6 Å². The van der Waals surface area contributed by atoms with E-state index in [1.54, 1.807) is 12.1 Å². The molecule has 0 bridgehead atoms. The lowest BCUT2D eigenvalue weighted by Gasteiger charge is -2.26. The minimum Gasteiger partial charge on any atom is -0.495 e. The number of rotatable bonds is 6. The molecule has 2 heterocycles. The molecule has 5 rings (SSSR count). The molecule has 2 fully saturated rings. The molecule has 9 heteroatoms. The molecule has 0 spiro atoms. The van der Waals surface area contributed by atoms with Crippen LogP contribution in [0.3, 0.4) is 0 Å². The lowest BCUT2D eigenvalue weighted by atomic mass is 10.1. The number of aromatic nitrogens is 1. The molecular formula is C24H25N3O5S. The number of pyridine rings is 1. The third kappa shape index (κ3) is 4.31. The van der Waals surface area contributed by atoms with Crippen molar-refractivity contribution in [2.24, 2.45) is 0 Å². The molecule has 1 aromatic heterocycles. The molecule has 1 aliphatic carbocycles. The summed E-state index contributed by atoms with van der Waals surface area (Å²) < 4.78 is 38.5. The number of para-hydroxylation sites is 1. The van der Waals surface area contributed by atoms with Crippen LogP contribution in [0.15, 0.2) is 53.4 Å². The van der Waals surface area contributed by atoms with Gasteiger partial charge in [0.2, 0.25) is 10.0 Å². The SMILES string of the molecule is COc1ccc(NC(=O)c2cc(C3CC3)nc3ccccc23)cc1S(=O)(=O)N1CCOCC1. The zero-order valence-corrected chi connectivity index (χ0v) is 19.1. The molecule has 0 radical (unpaired) electrons. The van der Waals surface area contributed by atoms with Crippen LogP contribution in [0.2, 0.25) is 0 Å². The Kier molecular flexibility index (Phi) is 5.77. The number of amides is 1. The Morgan fingerprint density at radius 1 is 1.12 bits per heavy atom. The van der Waals surface area contributed by atoms with Crippen molar-refractivity contribution in [3.05, 3.63) is 59.8 Å². The number of fused-ring (bicyclic) bond motifs is 1. The smallest absolute Gasteiger partial charge is 0.256 e. The number of methoxy groups -OCH3 is 1. The predicted octanol–water partition coefficient (Wildman–Crippen LogP) is 3.39. The molecule has 0 atom stereocenters. The van der Waals surface area contributed by atoms with Gasteiger partial charge >= 0.3 is 0 Å². The first-order chi connectivity index (χ1) is 16.0. The van der Waals surface area contributed by atoms with Crippen molar-refractivity contribution in [2.45, 2.75) is 23.7 Å². The number of nitrogens with one attached hydrogen (secondary N) is 1. The Labute approximate surface area is 192 Å². The number of anilines is 1. The van der Waals surface area contributed by atoms with Gasteiger partial charge in [-0.15, -0.1) is 0 Å². The monoisotopic (exact) mass is 467 g/mol. The Balaban J connectivity index is 1.49. The van der Waals surface area contributed by atoms with E-state index in [0.29, 0.717) is 30.4 Å². The molecule has 1 N–H and O–H groups in total. The van der Waals surface area contributed by atoms with Crippen molar-refractivity contribution >= 4 is 32.5 Å². The summed E-state index contributed by atoms with van der Waals surface area (Å²) in [7, 11) is -2.38. The molecular weight excluding hydrogens is 442 g/mol. The minimum absolute atomic E-state index is 0.0166. The summed E-state index contributed by atoms with van der Waals surface area (Å²) >= 11 is 0. The fraction of sp³-hybridized carbons (Fsp3) is 0.333. The van der Waals surface area contributed by atoms with E-state index < -0.39 is 10.0 Å². The quantitative estimate of drug-likeness (QED) is 0.597. The van der Waals surface area contributed by atoms with Crippen LogP contribution in [0.4, 0.5) is 5.69 Å². The number of morpholine rings is 1. The van der Waals surface area contributed by atoms with Gasteiger partial charge in [-0.25, -0.2) is 8.42 Å². The van der Waals surface area contributed by atoms with Gasteiger partial charge in [0.25, 0.3) is 5.91 Å². The second-order valence-electron chi connectivity index (χ2n) is 8.22. The number of nitrogens with zero attached hydrogens (tertiary/aromatic N) is 2. The summed E-state index contributed by atoms with van der Waals surface area (Å²) in [6.45, 7) is 1.23. The highest BCUT2D eigenvalue weighted by atomic mass is 32.2. The van der Waals surface area contributed by atoms with Gasteiger partial charge in [-0.3, -0.25) is 9.78 Å². The second-order valence-corrected chi connectivity index (χ2v) is 10.1. The van der Waals surface area contributed by atoms with E-state index in [1.165, 1.54) is 17.5 Å². The summed E-state index contributed by atoms with van der Waals surface area (Å²) in [5.41, 5.74) is 2.60. The first-order valence-electron chi connectivity index (χ1n) is 10.9. The van der Waals surface area contributed by atoms with Crippen molar-refractivity contribution < 1.29 is 22.7 Å². The van der Waals surface area contributed by atoms with Crippen molar-refractivity contribution in [1.82, 2.24) is 9.29 Å². The third-order valence-electron chi connectivity index (χ3n) is 5.99. The fourth-order valence-electron chi connectivity index (χ4n) is 4.05. The first-order valence-corrected chi connectivity index (χ1v) is 12.4. The Bertz CT molecular complexity index is 1310. The molecule has 8 nitrogen and oxygen atoms in total. The van der Waals surface area contributed by atoms with Crippen molar-refractivity contribution in [3.63, 3.8) is 0 Å². The third-order valence-corrected chi connectivity index (χ3v) is 7.91. The van der Waals surface area contributed by atoms with Gasteiger partial charge in [-0.2, -0.15) is 4.31 Å². The maximum Gasteiger partial charge on any atom is 0.256 e. The number of carbonyl (C=O) groups is 1. The Morgan fingerprint density at radius 2 is 1.88 bits per heavy atom. The van der Waals surface area contributed by atoms with E-state index in [2.05, 4.69) is 5.32 Å². The van der Waals surface area contributed by atoms with Crippen molar-refractivity contribution in [1.29, 1.82) is 0 Å². The maximum atomic E-state index is 13.3. The molecule has 2 aromatic carbocycles. The molecule has 3 aromatic rings. The standard InChI is InChI=1S/C24H25N3O5S/c1-31-22-9-8-17(14-23(22)33(29,30)27-10-12-32-13-11-27)25-24(28)19-15-21(16-6-7-16)26-20-5-3-2-4-18(19)20/h2-5,8-9,14-16H,6-7,10-13H2,1H3,(H,25,28). The van der Waals surface area contributed by atoms with Gasteiger partial charge in [0.1, 0.15) is 10.6 Å². The molecule has 1 amide bonds. The lowest BCUT2D eigenvalue weighted by Crippen LogP contribution is -2.40. The Morgan fingerprint density at radius 3 is 2.61 bits per heavy atom. The van der Waals surface area contributed by atoms with Gasteiger partial charge in [0.15, 0.2) is 0 Å². The summed E-state index contributed by atoms with van der Waals surface area (Å²) in [5, 5.41) is 3.63. The normalized spacial score (nSPS) is 17.1. The molecule has 0 unspecified atom stereocenters. The van der Waals surface area contributed by atoms with Crippen LogP contribution in [0.1, 0.15) is 34.8 Å². The lowest BCUT2D eigenvalue weighted by molar-refractivity contribution is 0.0729. The van der Waals surface area contributed by atoms with E-state index in [1.807, 2.05) is 30.3 Å². The van der Waals surface area contributed by atoms with E-state index >= 15 is 0 Å². The van der Waals surface area contributed by atoms with Crippen molar-refractivity contribution in [3.8, 4) is 5.75 Å². The van der Waals surface area contributed by atoms with Crippen LogP contribution in [0, 0.1) is 0 Å². The molecule has 33 heavy (non-hydrogen) atoms. The average molecular weight is 468 g/mol. The summed E-state index contributed by atoms with van der Waals surface area (Å²) in [6, 6.07) is 14.0. The predicted molar refractivity (Wildman–Crippen MR) is 124 cm³/mol. The van der Waals surface area contributed by atoms with Gasteiger partial charge < -0.3 is 14.8 Å². The van der Waals surface area contributed by atoms with Gasteiger partial charge in [-0.1, -0.05) is 18.2 Å². The van der Waals surface area contributed by atoms with Gasteiger partial charge in [-0.05, 0) is 43.2 Å². The molecule has 1 saturated carbocycles. The van der Waals surface area contributed by atoms with Crippen LogP contribution >= 0.6 is 0 Å². The van der Waals surface area contributed by atoms with Crippen molar-refractivity contribution in [2.75, 3.05) is 38.7 Å². The van der Waals surface area contributed by atoms with Crippen LogP contribution in [-0.4, -0.2) is 57.0 Å². The molecule has 2 aliphatic rings. The summed E-state index contributed by atoms with van der Waals surface area (Å²) in [5.74, 6) is 0.313. The molecule has 1 saturated heterocycles. The average Bonchev–Trinajstić information content (AvgIpc) is 3.69. The molecule has 1 aliphatic heterocycles. The number of carbonyl (C=O) groups excluding carboxylic acids is 1. The highest BCUT2D eigenvalue weighted by Gasteiger charge is 2.30. The fourth-order valence-corrected chi connectivity index (χ4v) is 5.64. The largest absolute Gasteiger partial charge is 0.495 e. The summed E-state index contributed by atoms with van der Waals surface area (Å²) in [4.78, 5) is 18.0. The topological polar surface area (TPSA) is 97.8 Å². The zero-order valence-electron chi connectivity index (χ0n) is 18.3. The van der Waals surface area contributed by atoms with Crippen LogP contribution in [0.5, 0.6) is 5.75 Å². The number of hydrogen-bond acceptors (Lipinski definition) is 6. The van der Waals surface area contributed by atoms with E-state index in [9.17, 15) is 13.2 Å². The summed E-state index contributed by atoms with van der Waals surface area (Å²) in [6.07, 6.45) is 2.15. The second kappa shape index (κ2) is 8.74. The minimum atomic E-state index is -3.81. The number of hydrogen-bond donors (Lipinski definition) is 1. The number of ether oxygens (including phenoxy) is 2. The van der Waals surface area contributed by atoms with Crippen LogP contribution < -0.4 is 10.1 Å². The molecule has 172 valence electrons. The number of sulfonamides is 1. The highest BCUT2D eigenvalue weighted by Crippen LogP contribution is 2.40. The maximum absolute atomic E-state index is 13.3.